The minimum Gasteiger partial charge on any atom is -0.392 e. The summed E-state index contributed by atoms with van der Waals surface area (Å²) >= 11 is 0. The normalized spacial score (nSPS) is 20.8. The van der Waals surface area contributed by atoms with Gasteiger partial charge in [0.1, 0.15) is 0 Å². The number of nitrogens with zero attached hydrogens (tertiary/aromatic N) is 2. The van der Waals surface area contributed by atoms with Gasteiger partial charge in [0.25, 0.3) is 10.0 Å². The minimum absolute atomic E-state index is 0.00894. The zero-order valence-corrected chi connectivity index (χ0v) is 11.7. The monoisotopic (exact) mass is 285 g/mol. The lowest BCUT2D eigenvalue weighted by Gasteiger charge is -2.19. The van der Waals surface area contributed by atoms with Gasteiger partial charge in [-0.3, -0.25) is 0 Å². The summed E-state index contributed by atoms with van der Waals surface area (Å²) in [5.41, 5.74) is 0.592. The molecule has 1 fully saturated rings. The van der Waals surface area contributed by atoms with Gasteiger partial charge in [0.15, 0.2) is 5.03 Å². The highest BCUT2D eigenvalue weighted by Crippen LogP contribution is 2.14. The maximum Gasteiger partial charge on any atom is 0.258 e. The summed E-state index contributed by atoms with van der Waals surface area (Å²) in [5, 5.41) is 8.89. The summed E-state index contributed by atoms with van der Waals surface area (Å²) < 4.78 is 26.7. The highest BCUT2D eigenvalue weighted by Gasteiger charge is 2.23. The Bertz CT molecular complexity index is 516. The van der Waals surface area contributed by atoms with E-state index in [4.69, 9.17) is 5.11 Å². The number of aliphatic hydroxyl groups excluding tert-OH is 1. The van der Waals surface area contributed by atoms with Crippen LogP contribution in [-0.4, -0.2) is 49.6 Å². The molecule has 1 unspecified atom stereocenters. The van der Waals surface area contributed by atoms with E-state index < -0.39 is 10.0 Å². The number of nitrogens with one attached hydrogen (secondary N) is 1. The first-order chi connectivity index (χ1) is 9.03. The summed E-state index contributed by atoms with van der Waals surface area (Å²) in [6.45, 7) is 1.27. The molecule has 0 radical (unpaired) electrons. The summed E-state index contributed by atoms with van der Waals surface area (Å²) in [7, 11) is -1.57. The number of rotatable bonds is 5. The van der Waals surface area contributed by atoms with E-state index in [0.717, 1.165) is 19.4 Å². The third-order valence-electron chi connectivity index (χ3n) is 3.44. The second-order valence-corrected chi connectivity index (χ2v) is 6.51. The molecule has 2 N–H and O–H groups in total. The highest BCUT2D eigenvalue weighted by molar-refractivity contribution is 7.89. The first kappa shape index (κ1) is 14.4. The lowest BCUT2D eigenvalue weighted by Crippen LogP contribution is -2.38. The van der Waals surface area contributed by atoms with Crippen molar-refractivity contribution in [3.8, 4) is 0 Å². The summed E-state index contributed by atoms with van der Waals surface area (Å²) in [6.07, 6.45) is 3.48. The molecule has 1 aliphatic heterocycles. The fourth-order valence-corrected chi connectivity index (χ4v) is 3.18. The zero-order chi connectivity index (χ0) is 13.9. The molecule has 0 bridgehead atoms. The van der Waals surface area contributed by atoms with Crippen molar-refractivity contribution in [2.45, 2.75) is 30.5 Å². The molecule has 6 nitrogen and oxygen atoms in total. The summed E-state index contributed by atoms with van der Waals surface area (Å²) in [4.78, 5) is 6.02. The van der Waals surface area contributed by atoms with Crippen LogP contribution in [0.15, 0.2) is 23.4 Å². The van der Waals surface area contributed by atoms with Gasteiger partial charge in [-0.1, -0.05) is 6.07 Å². The minimum atomic E-state index is -3.57. The second kappa shape index (κ2) is 5.96. The molecule has 1 aromatic heterocycles. The van der Waals surface area contributed by atoms with Crippen LogP contribution < -0.4 is 4.72 Å². The number of hydrogen-bond donors (Lipinski definition) is 2. The number of pyridine rings is 1. The van der Waals surface area contributed by atoms with Crippen LogP contribution in [-0.2, 0) is 16.6 Å². The third-order valence-corrected chi connectivity index (χ3v) is 4.77. The van der Waals surface area contributed by atoms with Crippen molar-refractivity contribution in [1.29, 1.82) is 0 Å². The van der Waals surface area contributed by atoms with Crippen LogP contribution in [0.2, 0.25) is 0 Å². The topological polar surface area (TPSA) is 82.5 Å². The first-order valence-corrected chi connectivity index (χ1v) is 7.77. The SMILES string of the molecule is CN1CCCC1CNS(=O)(=O)c1ccc(CO)cn1. The number of sulfonamides is 1. The van der Waals surface area contributed by atoms with Gasteiger partial charge in [-0.15, -0.1) is 0 Å². The van der Waals surface area contributed by atoms with Crippen molar-refractivity contribution in [3.05, 3.63) is 23.9 Å². The van der Waals surface area contributed by atoms with Crippen LogP contribution in [0.4, 0.5) is 0 Å². The fourth-order valence-electron chi connectivity index (χ4n) is 2.18. The van der Waals surface area contributed by atoms with Crippen molar-refractivity contribution in [2.75, 3.05) is 20.1 Å². The van der Waals surface area contributed by atoms with Gasteiger partial charge >= 0.3 is 0 Å². The average molecular weight is 285 g/mol. The number of likely N-dealkylation sites (tertiary alicyclic amines) is 1. The molecule has 1 atom stereocenters. The second-order valence-electron chi connectivity index (χ2n) is 4.79. The molecule has 2 rings (SSSR count). The lowest BCUT2D eigenvalue weighted by atomic mass is 10.2. The van der Waals surface area contributed by atoms with Crippen LogP contribution in [0.5, 0.6) is 0 Å². The average Bonchev–Trinajstić information content (AvgIpc) is 2.82. The molecule has 7 heteroatoms. The quantitative estimate of drug-likeness (QED) is 0.792. The lowest BCUT2D eigenvalue weighted by molar-refractivity contribution is 0.281. The van der Waals surface area contributed by atoms with E-state index in [2.05, 4.69) is 14.6 Å². The number of likely N-dealkylation sites (N-methyl/N-ethyl adjacent to an activating group) is 1. The Morgan fingerprint density at radius 3 is 2.84 bits per heavy atom. The highest BCUT2D eigenvalue weighted by atomic mass is 32.2. The first-order valence-electron chi connectivity index (χ1n) is 6.28. The van der Waals surface area contributed by atoms with E-state index in [0.29, 0.717) is 12.1 Å². The van der Waals surface area contributed by atoms with Crippen molar-refractivity contribution in [1.82, 2.24) is 14.6 Å². The predicted octanol–water partition coefficient (Wildman–Crippen LogP) is -0.0536. The molecule has 2 heterocycles. The van der Waals surface area contributed by atoms with Crippen molar-refractivity contribution >= 4 is 10.0 Å². The Labute approximate surface area is 113 Å². The molecular weight excluding hydrogens is 266 g/mol. The van der Waals surface area contributed by atoms with Crippen LogP contribution in [0.25, 0.3) is 0 Å². The predicted molar refractivity (Wildman–Crippen MR) is 71.0 cm³/mol. The molecule has 0 aromatic carbocycles. The maximum absolute atomic E-state index is 12.0. The largest absolute Gasteiger partial charge is 0.392 e. The molecule has 1 aromatic rings. The van der Waals surface area contributed by atoms with Gasteiger partial charge in [-0.2, -0.15) is 0 Å². The van der Waals surface area contributed by atoms with Gasteiger partial charge in [0.05, 0.1) is 6.61 Å². The molecule has 0 saturated carbocycles. The number of aliphatic hydroxyl groups is 1. The number of aromatic nitrogens is 1. The zero-order valence-electron chi connectivity index (χ0n) is 10.9. The van der Waals surface area contributed by atoms with Crippen LogP contribution in [0, 0.1) is 0 Å². The van der Waals surface area contributed by atoms with E-state index in [-0.39, 0.29) is 17.7 Å². The molecule has 1 saturated heterocycles. The molecular formula is C12H19N3O3S. The molecule has 0 aliphatic carbocycles. The Hall–Kier alpha value is -1.02. The van der Waals surface area contributed by atoms with Gasteiger partial charge < -0.3 is 10.0 Å². The Morgan fingerprint density at radius 1 is 1.53 bits per heavy atom. The summed E-state index contributed by atoms with van der Waals surface area (Å²) in [5.74, 6) is 0. The molecule has 0 amide bonds. The summed E-state index contributed by atoms with van der Waals surface area (Å²) in [6, 6.07) is 3.22. The molecule has 1 aliphatic rings. The van der Waals surface area contributed by atoms with Crippen LogP contribution >= 0.6 is 0 Å². The Morgan fingerprint density at radius 2 is 2.32 bits per heavy atom. The van der Waals surface area contributed by atoms with Gasteiger partial charge in [-0.05, 0) is 38.1 Å². The van der Waals surface area contributed by atoms with E-state index in [1.807, 2.05) is 7.05 Å². The van der Waals surface area contributed by atoms with Gasteiger partial charge in [0, 0.05) is 18.8 Å². The fraction of sp³-hybridized carbons (Fsp3) is 0.583. The van der Waals surface area contributed by atoms with E-state index in [9.17, 15) is 8.42 Å². The van der Waals surface area contributed by atoms with Gasteiger partial charge in [0.2, 0.25) is 0 Å². The number of hydrogen-bond acceptors (Lipinski definition) is 5. The smallest absolute Gasteiger partial charge is 0.258 e. The van der Waals surface area contributed by atoms with E-state index in [1.165, 1.54) is 12.3 Å². The van der Waals surface area contributed by atoms with E-state index in [1.54, 1.807) is 6.07 Å². The Kier molecular flexibility index (Phi) is 4.51. The van der Waals surface area contributed by atoms with Crippen LogP contribution in [0.1, 0.15) is 18.4 Å². The molecule has 0 spiro atoms. The molecule has 106 valence electrons. The standard InChI is InChI=1S/C12H19N3O3S/c1-15-6-2-3-11(15)8-14-19(17,18)12-5-4-10(9-16)7-13-12/h4-5,7,11,14,16H,2-3,6,8-9H2,1H3. The van der Waals surface area contributed by atoms with Gasteiger partial charge in [-0.25, -0.2) is 18.1 Å². The molecule has 19 heavy (non-hydrogen) atoms. The third kappa shape index (κ3) is 3.50. The van der Waals surface area contributed by atoms with Crippen molar-refractivity contribution in [2.24, 2.45) is 0 Å². The Balaban J connectivity index is 2.01. The maximum atomic E-state index is 12.0. The van der Waals surface area contributed by atoms with Crippen LogP contribution in [0.3, 0.4) is 0 Å². The van der Waals surface area contributed by atoms with Crippen molar-refractivity contribution < 1.29 is 13.5 Å². The van der Waals surface area contributed by atoms with E-state index >= 15 is 0 Å². The van der Waals surface area contributed by atoms with Crippen molar-refractivity contribution in [3.63, 3.8) is 0 Å².